The average Bonchev–Trinajstić information content (AvgIpc) is 2.98. The molecule has 2 heterocycles. The van der Waals surface area contributed by atoms with Gasteiger partial charge in [-0.2, -0.15) is 0 Å². The van der Waals surface area contributed by atoms with Crippen molar-refractivity contribution >= 4 is 33.5 Å². The predicted octanol–water partition coefficient (Wildman–Crippen LogP) is 3.79. The Morgan fingerprint density at radius 2 is 1.68 bits per heavy atom. The normalized spacial score (nSPS) is 11.2. The van der Waals surface area contributed by atoms with E-state index < -0.39 is 0 Å². The number of imidazole rings is 1. The fourth-order valence-electron chi connectivity index (χ4n) is 3.56. The number of para-hydroxylation sites is 3. The second kappa shape index (κ2) is 7.68. The molecule has 28 heavy (non-hydrogen) atoms. The summed E-state index contributed by atoms with van der Waals surface area (Å²) in [5.41, 5.74) is 3.15. The van der Waals surface area contributed by atoms with Crippen LogP contribution < -0.4 is 11.0 Å². The molecular weight excluding hydrogens is 352 g/mol. The lowest BCUT2D eigenvalue weighted by molar-refractivity contribution is -0.116. The van der Waals surface area contributed by atoms with Gasteiger partial charge in [-0.25, -0.2) is 4.79 Å². The number of hydrogen-bond donors (Lipinski definition) is 1. The number of rotatable bonds is 6. The molecule has 6 nitrogen and oxygen atoms in total. The van der Waals surface area contributed by atoms with Crippen molar-refractivity contribution in [3.63, 3.8) is 0 Å². The van der Waals surface area contributed by atoms with Crippen molar-refractivity contribution in [3.8, 4) is 0 Å². The molecule has 1 amide bonds. The zero-order chi connectivity index (χ0) is 19.5. The van der Waals surface area contributed by atoms with Gasteiger partial charge in [-0.15, -0.1) is 0 Å². The molecule has 0 atom stereocenters. The number of benzene rings is 2. The smallest absolute Gasteiger partial charge is 0.324 e. The van der Waals surface area contributed by atoms with Crippen LogP contribution in [-0.4, -0.2) is 20.0 Å². The Morgan fingerprint density at radius 1 is 0.964 bits per heavy atom. The molecule has 0 spiro atoms. The summed E-state index contributed by atoms with van der Waals surface area (Å²) in [5, 5.41) is 3.90. The molecule has 6 heteroatoms. The summed E-state index contributed by atoms with van der Waals surface area (Å²) >= 11 is 0. The van der Waals surface area contributed by atoms with E-state index in [1.54, 1.807) is 15.3 Å². The van der Waals surface area contributed by atoms with Crippen LogP contribution in [0.3, 0.4) is 0 Å². The van der Waals surface area contributed by atoms with Crippen LogP contribution in [0.25, 0.3) is 21.9 Å². The van der Waals surface area contributed by atoms with Gasteiger partial charge in [0.15, 0.2) is 0 Å². The van der Waals surface area contributed by atoms with Crippen molar-refractivity contribution in [2.45, 2.75) is 32.9 Å². The number of fused-ring (bicyclic) bond motifs is 2. The van der Waals surface area contributed by atoms with Gasteiger partial charge in [0.25, 0.3) is 0 Å². The maximum atomic E-state index is 12.8. The second-order valence-corrected chi connectivity index (χ2v) is 6.75. The van der Waals surface area contributed by atoms with E-state index in [1.807, 2.05) is 61.5 Å². The molecule has 2 aromatic carbocycles. The number of carbonyl (C=O) groups is 1. The highest BCUT2D eigenvalue weighted by atomic mass is 16.2. The number of amides is 1. The number of aromatic nitrogens is 3. The van der Waals surface area contributed by atoms with Gasteiger partial charge in [0.2, 0.25) is 5.91 Å². The molecule has 0 radical (unpaired) electrons. The molecule has 0 fully saturated rings. The van der Waals surface area contributed by atoms with Gasteiger partial charge in [0.1, 0.15) is 0 Å². The summed E-state index contributed by atoms with van der Waals surface area (Å²) in [4.78, 5) is 29.7. The lowest BCUT2D eigenvalue weighted by Gasteiger charge is -2.08. The molecule has 1 N–H and O–H groups in total. The maximum Gasteiger partial charge on any atom is 0.329 e. The van der Waals surface area contributed by atoms with Crippen LogP contribution in [0, 0.1) is 0 Å². The van der Waals surface area contributed by atoms with Crippen molar-refractivity contribution < 1.29 is 4.79 Å². The summed E-state index contributed by atoms with van der Waals surface area (Å²) in [6, 6.07) is 17.2. The van der Waals surface area contributed by atoms with Gasteiger partial charge in [0, 0.05) is 31.1 Å². The SMILES string of the molecule is CCCn1c(=O)n(CCC(=O)Nc2cccc3cccnc23)c2ccccc21. The number of carbonyl (C=O) groups excluding carboxylic acids is 1. The number of aryl methyl sites for hydroxylation is 2. The van der Waals surface area contributed by atoms with Crippen LogP contribution in [0.15, 0.2) is 65.6 Å². The third-order valence-electron chi connectivity index (χ3n) is 4.84. The molecule has 4 aromatic rings. The average molecular weight is 374 g/mol. The van der Waals surface area contributed by atoms with E-state index in [0.717, 1.165) is 28.4 Å². The topological polar surface area (TPSA) is 68.9 Å². The highest BCUT2D eigenvalue weighted by Gasteiger charge is 2.14. The summed E-state index contributed by atoms with van der Waals surface area (Å²) < 4.78 is 3.47. The van der Waals surface area contributed by atoms with E-state index in [0.29, 0.717) is 18.8 Å². The minimum absolute atomic E-state index is 0.0670. The van der Waals surface area contributed by atoms with Gasteiger partial charge in [-0.1, -0.05) is 37.3 Å². The van der Waals surface area contributed by atoms with Crippen LogP contribution >= 0.6 is 0 Å². The van der Waals surface area contributed by atoms with Crippen molar-refractivity contribution in [3.05, 3.63) is 71.3 Å². The Kier molecular flexibility index (Phi) is 4.93. The molecule has 4 rings (SSSR count). The number of nitrogens with zero attached hydrogens (tertiary/aromatic N) is 3. The minimum Gasteiger partial charge on any atom is -0.324 e. The van der Waals surface area contributed by atoms with Crippen LogP contribution in [0.4, 0.5) is 5.69 Å². The van der Waals surface area contributed by atoms with E-state index >= 15 is 0 Å². The number of pyridine rings is 1. The first kappa shape index (κ1) is 18.0. The standard InChI is InChI=1S/C22H22N4O2/c1-2-14-25-18-10-3-4-11-19(18)26(22(25)28)15-12-20(27)24-17-9-5-7-16-8-6-13-23-21(16)17/h3-11,13H,2,12,14-15H2,1H3,(H,24,27). The first-order valence-corrected chi connectivity index (χ1v) is 9.50. The monoisotopic (exact) mass is 374 g/mol. The van der Waals surface area contributed by atoms with E-state index in [4.69, 9.17) is 0 Å². The fourth-order valence-corrected chi connectivity index (χ4v) is 3.56. The van der Waals surface area contributed by atoms with Crippen LogP contribution in [0.1, 0.15) is 19.8 Å². The van der Waals surface area contributed by atoms with Crippen LogP contribution in [0.5, 0.6) is 0 Å². The molecule has 0 bridgehead atoms. The van der Waals surface area contributed by atoms with Crippen LogP contribution in [-0.2, 0) is 17.9 Å². The van der Waals surface area contributed by atoms with Crippen molar-refractivity contribution in [1.82, 2.24) is 14.1 Å². The van der Waals surface area contributed by atoms with Gasteiger partial charge in [0.05, 0.1) is 22.2 Å². The first-order chi connectivity index (χ1) is 13.7. The molecule has 0 saturated carbocycles. The van der Waals surface area contributed by atoms with Gasteiger partial charge in [-0.3, -0.25) is 18.9 Å². The van der Waals surface area contributed by atoms with Gasteiger partial charge >= 0.3 is 5.69 Å². The Morgan fingerprint density at radius 3 is 2.43 bits per heavy atom. The van der Waals surface area contributed by atoms with E-state index in [-0.39, 0.29) is 18.0 Å². The second-order valence-electron chi connectivity index (χ2n) is 6.75. The number of hydrogen-bond acceptors (Lipinski definition) is 3. The predicted molar refractivity (Wildman–Crippen MR) is 111 cm³/mol. The lowest BCUT2D eigenvalue weighted by atomic mass is 10.2. The largest absolute Gasteiger partial charge is 0.329 e. The number of anilines is 1. The Bertz CT molecular complexity index is 1200. The molecule has 142 valence electrons. The zero-order valence-corrected chi connectivity index (χ0v) is 15.8. The molecule has 0 saturated heterocycles. The molecular formula is C22H22N4O2. The lowest BCUT2D eigenvalue weighted by Crippen LogP contribution is -2.26. The quantitative estimate of drug-likeness (QED) is 0.558. The molecule has 0 unspecified atom stereocenters. The molecule has 0 aliphatic rings. The fraction of sp³-hybridized carbons (Fsp3) is 0.227. The zero-order valence-electron chi connectivity index (χ0n) is 15.8. The molecule has 0 aliphatic heterocycles. The highest BCUT2D eigenvalue weighted by molar-refractivity contribution is 6.00. The molecule has 2 aromatic heterocycles. The minimum atomic E-state index is -0.141. The highest BCUT2D eigenvalue weighted by Crippen LogP contribution is 2.21. The Hall–Kier alpha value is -3.41. The summed E-state index contributed by atoms with van der Waals surface area (Å²) in [6.07, 6.45) is 2.80. The van der Waals surface area contributed by atoms with Crippen molar-refractivity contribution in [2.75, 3.05) is 5.32 Å². The summed E-state index contributed by atoms with van der Waals surface area (Å²) in [5.74, 6) is -0.141. The van der Waals surface area contributed by atoms with E-state index in [9.17, 15) is 9.59 Å². The molecule has 0 aliphatic carbocycles. The number of nitrogens with one attached hydrogen (secondary N) is 1. The summed E-state index contributed by atoms with van der Waals surface area (Å²) in [7, 11) is 0. The first-order valence-electron chi connectivity index (χ1n) is 9.50. The van der Waals surface area contributed by atoms with Crippen molar-refractivity contribution in [2.24, 2.45) is 0 Å². The summed E-state index contributed by atoms with van der Waals surface area (Å²) in [6.45, 7) is 3.05. The van der Waals surface area contributed by atoms with Crippen molar-refractivity contribution in [1.29, 1.82) is 0 Å². The van der Waals surface area contributed by atoms with E-state index in [1.165, 1.54) is 0 Å². The van der Waals surface area contributed by atoms with Gasteiger partial charge in [-0.05, 0) is 30.7 Å². The third kappa shape index (κ3) is 3.29. The Balaban J connectivity index is 1.55. The Labute approximate surface area is 162 Å². The van der Waals surface area contributed by atoms with Crippen LogP contribution in [0.2, 0.25) is 0 Å². The van der Waals surface area contributed by atoms with Gasteiger partial charge < -0.3 is 5.32 Å². The third-order valence-corrected chi connectivity index (χ3v) is 4.84. The van der Waals surface area contributed by atoms with E-state index in [2.05, 4.69) is 10.3 Å². The maximum absolute atomic E-state index is 12.8.